The van der Waals surface area contributed by atoms with Gasteiger partial charge in [0.2, 0.25) is 0 Å². The summed E-state index contributed by atoms with van der Waals surface area (Å²) < 4.78 is 10.7. The Hall–Kier alpha value is 0.475. The molecule has 0 aliphatic carbocycles. The Morgan fingerprint density at radius 3 is 2.25 bits per heavy atom. The Bertz CT molecular complexity index is 10.0. The Labute approximate surface area is 33.8 Å². The molecule has 0 aliphatic heterocycles. The van der Waals surface area contributed by atoms with Crippen molar-refractivity contribution in [3.05, 3.63) is 0 Å². The smallest absolute Gasteiger partial charge is 0.340 e. The van der Waals surface area contributed by atoms with Gasteiger partial charge < -0.3 is 4.32 Å². The van der Waals surface area contributed by atoms with Crippen molar-refractivity contribution in [1.29, 1.82) is 0 Å². The summed E-state index contributed by atoms with van der Waals surface area (Å²) in [6, 6.07) is 0. The molecule has 0 unspecified atom stereocenters. The number of hydrogen-bond donors (Lipinski definition) is 0. The third kappa shape index (κ3) is 2.47. The van der Waals surface area contributed by atoms with Crippen LogP contribution in [0.25, 0.3) is 0 Å². The first-order chi connectivity index (χ1) is 1.91. The summed E-state index contributed by atoms with van der Waals surface area (Å²) in [5.41, 5.74) is 0. The second kappa shape index (κ2) is 3.47. The van der Waals surface area contributed by atoms with Crippen LogP contribution >= 0.6 is 15.9 Å². The fraction of sp³-hybridized carbons (Fsp3) is 1.00. The van der Waals surface area contributed by atoms with E-state index in [1.54, 1.807) is 0 Å². The summed E-state index contributed by atoms with van der Waals surface area (Å²) in [5.74, 6) is 0. The highest BCUT2D eigenvalue weighted by atomic mass is 79.9. The van der Waals surface area contributed by atoms with E-state index in [-0.39, 0.29) is 7.56 Å². The molecule has 0 amide bonds. The minimum absolute atomic E-state index is 0.264. The molecule has 0 bridgehead atoms. The van der Waals surface area contributed by atoms with Crippen LogP contribution in [-0.2, 0) is 0 Å². The van der Waals surface area contributed by atoms with E-state index in [4.69, 9.17) is 0 Å². The highest BCUT2D eigenvalue weighted by Crippen LogP contribution is 1.71. The highest BCUT2D eigenvalue weighted by molar-refractivity contribution is 9.09. The van der Waals surface area contributed by atoms with Crippen LogP contribution in [0.4, 0.5) is 4.32 Å². The van der Waals surface area contributed by atoms with E-state index in [0.717, 1.165) is 0 Å². The Morgan fingerprint density at radius 1 is 2.00 bits per heavy atom. The van der Waals surface area contributed by atoms with Crippen LogP contribution in [0.2, 0.25) is 0 Å². The molecule has 0 rings (SSSR count). The Kier molecular flexibility index (Phi) is 3.89. The number of hydrogen-bond acceptors (Lipinski definition) is 0. The van der Waals surface area contributed by atoms with Crippen molar-refractivity contribution in [2.75, 3.05) is 5.23 Å². The van der Waals surface area contributed by atoms with Crippen molar-refractivity contribution < 1.29 is 4.32 Å². The lowest BCUT2D eigenvalue weighted by Gasteiger charge is -1.57. The predicted molar refractivity (Wildman–Crippen MR) is 22.1 cm³/mol. The van der Waals surface area contributed by atoms with Crippen LogP contribution in [0, 0.1) is 0 Å². The molecule has 0 fully saturated rings. The third-order valence-electron chi connectivity index (χ3n) is 0.0714. The van der Waals surface area contributed by atoms with Crippen LogP contribution in [0.5, 0.6) is 0 Å². The second-order valence-corrected chi connectivity index (χ2v) is 1.17. The van der Waals surface area contributed by atoms with Gasteiger partial charge in [-0.15, -0.1) is 0 Å². The maximum Gasteiger partial charge on any atom is 0.342 e. The lowest BCUT2D eigenvalue weighted by molar-refractivity contribution is 0.876. The molecule has 0 aromatic rings. The zero-order chi connectivity index (χ0) is 3.41. The van der Waals surface area contributed by atoms with Gasteiger partial charge in [-0.2, -0.15) is 0 Å². The molecule has 4 heavy (non-hydrogen) atoms. The largest absolute Gasteiger partial charge is 0.342 e. The molecule has 0 atom stereocenters. The molecule has 3 heteroatoms. The quantitative estimate of drug-likeness (QED) is 0.356. The Balaban J connectivity index is 1.97. The first kappa shape index (κ1) is 4.47. The molecular formula is CH3BBrF. The van der Waals surface area contributed by atoms with E-state index < -0.39 is 0 Å². The summed E-state index contributed by atoms with van der Waals surface area (Å²) in [5, 5.41) is 0.465. The zero-order valence-corrected chi connectivity index (χ0v) is 3.76. The predicted octanol–water partition coefficient (Wildman–Crippen LogP) is 0.660. The van der Waals surface area contributed by atoms with E-state index in [1.165, 1.54) is 0 Å². The van der Waals surface area contributed by atoms with Crippen molar-refractivity contribution in [3.8, 4) is 0 Å². The highest BCUT2D eigenvalue weighted by Gasteiger charge is 1.71. The first-order valence-electron chi connectivity index (χ1n) is 1.03. The number of halogens is 2. The summed E-state index contributed by atoms with van der Waals surface area (Å²) >= 11 is 2.87. The molecule has 0 saturated carbocycles. The van der Waals surface area contributed by atoms with E-state index >= 15 is 0 Å². The van der Waals surface area contributed by atoms with Crippen molar-refractivity contribution in [1.82, 2.24) is 0 Å². The minimum Gasteiger partial charge on any atom is -0.340 e. The van der Waals surface area contributed by atoms with E-state index in [1.807, 2.05) is 0 Å². The maximum atomic E-state index is 10.7. The molecule has 0 N–H and O–H groups in total. The summed E-state index contributed by atoms with van der Waals surface area (Å²) in [4.78, 5) is 0. The molecule has 0 radical (unpaired) electrons. The SMILES string of the molecule is FBCBr. The summed E-state index contributed by atoms with van der Waals surface area (Å²) in [6.45, 7) is 0. The van der Waals surface area contributed by atoms with Gasteiger partial charge in [0.1, 0.15) is 0 Å². The van der Waals surface area contributed by atoms with Gasteiger partial charge in [0.05, 0.1) is 0 Å². The van der Waals surface area contributed by atoms with E-state index in [9.17, 15) is 4.32 Å². The maximum absolute atomic E-state index is 10.7. The van der Waals surface area contributed by atoms with Gasteiger partial charge in [0.15, 0.2) is 0 Å². The van der Waals surface area contributed by atoms with Crippen LogP contribution in [-0.4, -0.2) is 12.8 Å². The van der Waals surface area contributed by atoms with Gasteiger partial charge in [-0.3, -0.25) is 0 Å². The molecule has 24 valence electrons. The molecule has 0 aromatic heterocycles. The van der Waals surface area contributed by atoms with Gasteiger partial charge in [-0.05, 0) is 0 Å². The van der Waals surface area contributed by atoms with E-state index in [0.29, 0.717) is 5.23 Å². The van der Waals surface area contributed by atoms with Gasteiger partial charge >= 0.3 is 7.56 Å². The van der Waals surface area contributed by atoms with Crippen molar-refractivity contribution in [3.63, 3.8) is 0 Å². The molecular weight excluding hydrogens is 122 g/mol. The van der Waals surface area contributed by atoms with E-state index in [2.05, 4.69) is 15.9 Å². The zero-order valence-electron chi connectivity index (χ0n) is 2.17. The van der Waals surface area contributed by atoms with Gasteiger partial charge in [0, 0.05) is 5.23 Å². The molecule has 0 aliphatic rings. The van der Waals surface area contributed by atoms with Crippen LogP contribution in [0.3, 0.4) is 0 Å². The summed E-state index contributed by atoms with van der Waals surface area (Å²) in [6.07, 6.45) is 0. The lowest BCUT2D eigenvalue weighted by atomic mass is 10.2. The number of alkyl halides is 1. The summed E-state index contributed by atoms with van der Waals surface area (Å²) in [7, 11) is -0.264. The van der Waals surface area contributed by atoms with Crippen molar-refractivity contribution in [2.24, 2.45) is 0 Å². The van der Waals surface area contributed by atoms with Gasteiger partial charge in [-0.1, -0.05) is 15.9 Å². The van der Waals surface area contributed by atoms with Gasteiger partial charge in [-0.25, -0.2) is 0 Å². The third-order valence-corrected chi connectivity index (χ3v) is 0.371. The lowest BCUT2D eigenvalue weighted by Crippen LogP contribution is -1.73. The average molecular weight is 125 g/mol. The minimum atomic E-state index is -0.264. The topological polar surface area (TPSA) is 0 Å². The fourth-order valence-electron chi connectivity index (χ4n) is 0. The van der Waals surface area contributed by atoms with Crippen molar-refractivity contribution >= 4 is 23.5 Å². The monoisotopic (exact) mass is 124 g/mol. The normalized spacial score (nSPS) is 6.50. The van der Waals surface area contributed by atoms with Crippen molar-refractivity contribution in [2.45, 2.75) is 0 Å². The molecule has 0 heterocycles. The van der Waals surface area contributed by atoms with Crippen LogP contribution in [0.15, 0.2) is 0 Å². The molecule has 0 spiro atoms. The van der Waals surface area contributed by atoms with Gasteiger partial charge in [0.25, 0.3) is 0 Å². The second-order valence-electron chi connectivity index (χ2n) is 0.378. The standard InChI is InChI=1S/CH3BBrF/c3-1-2-4/h2H,1H2. The molecule has 0 saturated heterocycles. The Morgan fingerprint density at radius 2 is 2.25 bits per heavy atom. The number of rotatable bonds is 1. The van der Waals surface area contributed by atoms with Crippen LogP contribution < -0.4 is 0 Å². The molecule has 0 nitrogen and oxygen atoms in total. The average Bonchev–Trinajstić information content (AvgIpc) is 1.37. The van der Waals surface area contributed by atoms with Crippen LogP contribution in [0.1, 0.15) is 0 Å². The molecule has 0 aromatic carbocycles. The first-order valence-corrected chi connectivity index (χ1v) is 2.16. The fourth-order valence-corrected chi connectivity index (χ4v) is 0.